The quantitative estimate of drug-likeness (QED) is 0.420. The molecule has 0 N–H and O–H groups in total. The number of rotatable bonds is 6. The van der Waals surface area contributed by atoms with E-state index < -0.39 is 16.3 Å². The summed E-state index contributed by atoms with van der Waals surface area (Å²) in [4.78, 5) is 23.5. The Morgan fingerprint density at radius 2 is 1.47 bits per heavy atom. The second-order valence-electron chi connectivity index (χ2n) is 2.83. The number of carbonyl (C=O) groups excluding carboxylic acids is 2. The van der Waals surface area contributed by atoms with E-state index in [2.05, 4.69) is 0 Å². The normalized spacial score (nSPS) is 10.9. The number of esters is 2. The van der Waals surface area contributed by atoms with Crippen LogP contribution in [0.5, 0.6) is 0 Å². The average Bonchev–Trinajstić information content (AvgIpc) is 2.21. The molecule has 0 aromatic carbocycles. The van der Waals surface area contributed by atoms with Crippen molar-refractivity contribution in [3.8, 4) is 0 Å². The van der Waals surface area contributed by atoms with Gasteiger partial charge in [-0.3, -0.25) is 0 Å². The molecule has 4 nitrogen and oxygen atoms in total. The standard InChI is InChI=1S/C10H18O4Se/c1-5-10(15-4,8(11)13-6-2)9(12)14-7-3/h5-7H2,1-4H3. The van der Waals surface area contributed by atoms with Gasteiger partial charge in [0.25, 0.3) is 0 Å². The van der Waals surface area contributed by atoms with Gasteiger partial charge in [-0.15, -0.1) is 0 Å². The van der Waals surface area contributed by atoms with Crippen LogP contribution in [0.3, 0.4) is 0 Å². The zero-order valence-electron chi connectivity index (χ0n) is 9.66. The van der Waals surface area contributed by atoms with Gasteiger partial charge in [-0.25, -0.2) is 0 Å². The molecule has 0 bridgehead atoms. The summed E-state index contributed by atoms with van der Waals surface area (Å²) >= 11 is -0.166. The monoisotopic (exact) mass is 282 g/mol. The molecule has 5 heteroatoms. The molecule has 0 atom stereocenters. The maximum absolute atomic E-state index is 11.7. The molecule has 0 aliphatic carbocycles. The maximum atomic E-state index is 11.7. The topological polar surface area (TPSA) is 52.6 Å². The number of ether oxygens (including phenoxy) is 2. The third-order valence-corrected chi connectivity index (χ3v) is 4.82. The molecule has 0 fully saturated rings. The van der Waals surface area contributed by atoms with Crippen molar-refractivity contribution in [2.75, 3.05) is 13.2 Å². The molecule has 0 aromatic rings. The molecule has 15 heavy (non-hydrogen) atoms. The molecule has 0 heterocycles. The van der Waals surface area contributed by atoms with E-state index in [1.165, 1.54) is 0 Å². The molecule has 0 radical (unpaired) electrons. The van der Waals surface area contributed by atoms with Crippen LogP contribution in [0, 0.1) is 0 Å². The summed E-state index contributed by atoms with van der Waals surface area (Å²) in [6.45, 7) is 5.84. The molecule has 0 saturated carbocycles. The van der Waals surface area contributed by atoms with Crippen LogP contribution in [0.2, 0.25) is 10.1 Å². The van der Waals surface area contributed by atoms with Gasteiger partial charge >= 0.3 is 96.5 Å². The molecule has 0 saturated heterocycles. The summed E-state index contributed by atoms with van der Waals surface area (Å²) in [6, 6.07) is 0. The molecular formula is C10H18O4Se. The van der Waals surface area contributed by atoms with E-state index >= 15 is 0 Å². The fourth-order valence-electron chi connectivity index (χ4n) is 1.18. The Kier molecular flexibility index (Phi) is 6.61. The van der Waals surface area contributed by atoms with Crippen LogP contribution in [0.15, 0.2) is 0 Å². The second kappa shape index (κ2) is 6.85. The van der Waals surface area contributed by atoms with Crippen LogP contribution in [-0.2, 0) is 19.1 Å². The van der Waals surface area contributed by atoms with Crippen molar-refractivity contribution in [3.05, 3.63) is 0 Å². The molecule has 0 unspecified atom stereocenters. The van der Waals surface area contributed by atoms with E-state index in [9.17, 15) is 9.59 Å². The van der Waals surface area contributed by atoms with Crippen LogP contribution >= 0.6 is 0 Å². The molecule has 88 valence electrons. The van der Waals surface area contributed by atoms with E-state index in [1.807, 2.05) is 5.82 Å². The first-order chi connectivity index (χ1) is 7.08. The predicted octanol–water partition coefficient (Wildman–Crippen LogP) is 1.43. The fourth-order valence-corrected chi connectivity index (χ4v) is 2.73. The molecule has 0 spiro atoms. The summed E-state index contributed by atoms with van der Waals surface area (Å²) in [5.74, 6) is 0.951. The SMILES string of the molecule is CCOC(=O)C(CC)([Se]C)C(=O)OCC. The van der Waals surface area contributed by atoms with Crippen molar-refractivity contribution in [1.82, 2.24) is 0 Å². The van der Waals surface area contributed by atoms with E-state index in [4.69, 9.17) is 9.47 Å². The van der Waals surface area contributed by atoms with Gasteiger partial charge in [0.1, 0.15) is 0 Å². The van der Waals surface area contributed by atoms with Crippen molar-refractivity contribution < 1.29 is 19.1 Å². The van der Waals surface area contributed by atoms with E-state index in [-0.39, 0.29) is 28.2 Å². The van der Waals surface area contributed by atoms with Crippen LogP contribution in [-0.4, -0.2) is 40.1 Å². The van der Waals surface area contributed by atoms with Crippen molar-refractivity contribution in [2.24, 2.45) is 0 Å². The van der Waals surface area contributed by atoms with Crippen LogP contribution < -0.4 is 0 Å². The Morgan fingerprint density at radius 3 is 1.67 bits per heavy atom. The van der Waals surface area contributed by atoms with Gasteiger partial charge in [0.05, 0.1) is 0 Å². The first-order valence-electron chi connectivity index (χ1n) is 4.98. The number of hydrogen-bond donors (Lipinski definition) is 0. The molecule has 0 rings (SSSR count). The van der Waals surface area contributed by atoms with Gasteiger partial charge in [0, 0.05) is 0 Å². The van der Waals surface area contributed by atoms with Crippen molar-refractivity contribution >= 4 is 26.9 Å². The van der Waals surface area contributed by atoms with Gasteiger partial charge in [0.15, 0.2) is 0 Å². The molecule has 0 aliphatic rings. The number of hydrogen-bond acceptors (Lipinski definition) is 4. The van der Waals surface area contributed by atoms with E-state index in [0.29, 0.717) is 6.42 Å². The van der Waals surface area contributed by atoms with Crippen molar-refractivity contribution in [1.29, 1.82) is 0 Å². The van der Waals surface area contributed by atoms with E-state index in [1.54, 1.807) is 20.8 Å². The first kappa shape index (κ1) is 14.5. The molecular weight excluding hydrogens is 263 g/mol. The Balaban J connectivity index is 4.86. The van der Waals surface area contributed by atoms with Crippen molar-refractivity contribution in [2.45, 2.75) is 37.3 Å². The minimum atomic E-state index is -1.06. The van der Waals surface area contributed by atoms with Gasteiger partial charge in [-0.1, -0.05) is 0 Å². The van der Waals surface area contributed by atoms with Crippen LogP contribution in [0.25, 0.3) is 0 Å². The third-order valence-electron chi connectivity index (χ3n) is 2.06. The Hall–Kier alpha value is -0.541. The van der Waals surface area contributed by atoms with E-state index in [0.717, 1.165) is 0 Å². The Morgan fingerprint density at radius 1 is 1.07 bits per heavy atom. The Labute approximate surface area is 96.9 Å². The molecule has 0 aromatic heterocycles. The summed E-state index contributed by atoms with van der Waals surface area (Å²) in [5.41, 5.74) is 0. The van der Waals surface area contributed by atoms with Gasteiger partial charge < -0.3 is 0 Å². The third kappa shape index (κ3) is 3.21. The minimum absolute atomic E-state index is 0.166. The van der Waals surface area contributed by atoms with Crippen LogP contribution in [0.4, 0.5) is 0 Å². The molecule has 0 aliphatic heterocycles. The average molecular weight is 281 g/mol. The zero-order valence-corrected chi connectivity index (χ0v) is 11.4. The van der Waals surface area contributed by atoms with Gasteiger partial charge in [-0.2, -0.15) is 0 Å². The van der Waals surface area contributed by atoms with Crippen molar-refractivity contribution in [3.63, 3.8) is 0 Å². The summed E-state index contributed by atoms with van der Waals surface area (Å²) in [5, 5.41) is 0. The van der Waals surface area contributed by atoms with Crippen LogP contribution in [0.1, 0.15) is 27.2 Å². The predicted molar refractivity (Wildman–Crippen MR) is 57.9 cm³/mol. The summed E-state index contributed by atoms with van der Waals surface area (Å²) in [7, 11) is 0. The zero-order chi connectivity index (χ0) is 11.9. The second-order valence-corrected chi connectivity index (χ2v) is 5.14. The number of carbonyl (C=O) groups is 2. The summed E-state index contributed by atoms with van der Waals surface area (Å²) in [6.07, 6.45) is 0.432. The van der Waals surface area contributed by atoms with Gasteiger partial charge in [0.2, 0.25) is 0 Å². The first-order valence-corrected chi connectivity index (χ1v) is 7.55. The van der Waals surface area contributed by atoms with Gasteiger partial charge in [-0.05, 0) is 0 Å². The molecule has 0 amide bonds. The Bertz CT molecular complexity index is 203. The summed E-state index contributed by atoms with van der Waals surface area (Å²) < 4.78 is 8.81. The fraction of sp³-hybridized carbons (Fsp3) is 0.800.